The van der Waals surface area contributed by atoms with Crippen LogP contribution in [-0.4, -0.2) is 9.55 Å². The van der Waals surface area contributed by atoms with E-state index >= 15 is 0 Å². The quantitative estimate of drug-likeness (QED) is 0.155. The van der Waals surface area contributed by atoms with Gasteiger partial charge in [-0.05, 0) is 117 Å². The monoisotopic (exact) mass is 1010 g/mol. The van der Waals surface area contributed by atoms with Crippen LogP contribution in [0.3, 0.4) is 0 Å². The molecule has 1 aliphatic rings. The van der Waals surface area contributed by atoms with E-state index in [0.717, 1.165) is 67.1 Å². The third-order valence-electron chi connectivity index (χ3n) is 12.0. The Morgan fingerprint density at radius 1 is 0.635 bits per heavy atom. The summed E-state index contributed by atoms with van der Waals surface area (Å²) in [7, 11) is 0. The number of pyridine rings is 1. The summed E-state index contributed by atoms with van der Waals surface area (Å²) in [6, 6.07) is 51.8. The molecule has 0 unspecified atom stereocenters. The molecule has 0 radical (unpaired) electrons. The molecule has 0 aliphatic carbocycles. The van der Waals surface area contributed by atoms with E-state index in [2.05, 4.69) is 193 Å². The molecular formula is C56H52N5OPt-3. The van der Waals surface area contributed by atoms with Gasteiger partial charge in [-0.2, -0.15) is 17.4 Å². The van der Waals surface area contributed by atoms with E-state index in [1.54, 1.807) is 0 Å². The summed E-state index contributed by atoms with van der Waals surface area (Å²) in [5.41, 5.74) is 13.6. The molecular weight excluding hydrogens is 954 g/mol. The number of aromatic nitrogens is 2. The van der Waals surface area contributed by atoms with Gasteiger partial charge in [-0.25, -0.2) is 4.98 Å². The first-order chi connectivity index (χ1) is 29.5. The Labute approximate surface area is 387 Å². The molecule has 8 aromatic rings. The molecule has 0 amide bonds. The second-order valence-corrected chi connectivity index (χ2v) is 19.6. The summed E-state index contributed by atoms with van der Waals surface area (Å²) < 4.78 is 8.84. The summed E-state index contributed by atoms with van der Waals surface area (Å²) in [4.78, 5) is 9.39. The topological polar surface area (TPSA) is 57.3 Å². The number of hydrogen-bond donors (Lipinski definition) is 0. The van der Waals surface area contributed by atoms with Crippen molar-refractivity contribution in [3.63, 3.8) is 0 Å². The van der Waals surface area contributed by atoms with Crippen molar-refractivity contribution in [2.45, 2.75) is 85.5 Å². The number of benzene rings is 6. The van der Waals surface area contributed by atoms with E-state index in [1.165, 1.54) is 16.7 Å². The van der Waals surface area contributed by atoms with Crippen molar-refractivity contribution in [1.82, 2.24) is 9.55 Å². The fourth-order valence-corrected chi connectivity index (χ4v) is 8.28. The van der Waals surface area contributed by atoms with Crippen LogP contribution in [0.15, 0.2) is 128 Å². The molecule has 0 saturated heterocycles. The number of rotatable bonds is 6. The van der Waals surface area contributed by atoms with Crippen LogP contribution in [-0.2, 0) is 37.3 Å². The van der Waals surface area contributed by atoms with Gasteiger partial charge in [0.05, 0.1) is 11.6 Å². The number of ether oxygens (including phenoxy) is 1. The van der Waals surface area contributed by atoms with E-state index < -0.39 is 0 Å². The minimum absolute atomic E-state index is 0. The van der Waals surface area contributed by atoms with Crippen molar-refractivity contribution in [3.05, 3.63) is 174 Å². The normalized spacial score (nSPS) is 13.0. The zero-order chi connectivity index (χ0) is 43.7. The Morgan fingerprint density at radius 3 is 2.00 bits per heavy atom. The number of anilines is 4. The van der Waals surface area contributed by atoms with Crippen molar-refractivity contribution in [3.8, 4) is 34.5 Å². The maximum atomic E-state index is 9.69. The molecule has 0 atom stereocenters. The Kier molecular flexibility index (Phi) is 11.2. The first kappa shape index (κ1) is 43.5. The Bertz CT molecular complexity index is 3050. The molecule has 0 spiro atoms. The molecule has 0 fully saturated rings. The summed E-state index contributed by atoms with van der Waals surface area (Å²) in [5, 5.41) is 11.8. The van der Waals surface area contributed by atoms with Gasteiger partial charge in [-0.1, -0.05) is 104 Å². The molecule has 0 bridgehead atoms. The maximum Gasteiger partial charge on any atom is 0.135 e. The largest absolute Gasteiger partial charge is 0.509 e. The molecule has 9 rings (SSSR count). The second-order valence-electron chi connectivity index (χ2n) is 19.6. The standard InChI is InChI=1S/C56H52N5O.Pt/c1-36-18-19-37(34-57)26-47(36)38-20-23-49-48(27-38)46-22-21-45(33-52(46)61(49)53-31-39(24-25-58-53)54(2,3)4)62-44-15-13-14-42(32-44)59-35-60(51-17-12-11-16-50(51)59)43-29-40(55(5,6)7)28-41(30-43)56(8,9)10;/h11-31,35H,1-10H3;/q-3;. The van der Waals surface area contributed by atoms with E-state index in [-0.39, 0.29) is 37.3 Å². The third-order valence-corrected chi connectivity index (χ3v) is 12.0. The van der Waals surface area contributed by atoms with Crippen molar-refractivity contribution in [2.24, 2.45) is 0 Å². The smallest absolute Gasteiger partial charge is 0.135 e. The van der Waals surface area contributed by atoms with Crippen LogP contribution in [0.25, 0.3) is 38.8 Å². The molecule has 6 nitrogen and oxygen atoms in total. The van der Waals surface area contributed by atoms with Gasteiger partial charge in [0.25, 0.3) is 0 Å². The van der Waals surface area contributed by atoms with Crippen molar-refractivity contribution < 1.29 is 25.8 Å². The SMILES string of the molecule is Cc1ccc(C#N)cc1-c1ccc2c(c1)c1ccc(Oc3[c-]c(N4[CH-]N(c5cc(C(C)(C)C)cc(C(C)(C)C)c5)c5ccccc54)ccc3)[c-]c1n2-c1cc(C(C)(C)C)ccn1.[Pt]. The van der Waals surface area contributed by atoms with Gasteiger partial charge in [0.15, 0.2) is 0 Å². The fourth-order valence-electron chi connectivity index (χ4n) is 8.28. The summed E-state index contributed by atoms with van der Waals surface area (Å²) in [6.45, 7) is 24.6. The first-order valence-corrected chi connectivity index (χ1v) is 21.3. The molecule has 2 aromatic heterocycles. The average molecular weight is 1010 g/mol. The van der Waals surface area contributed by atoms with Crippen LogP contribution in [0.2, 0.25) is 0 Å². The van der Waals surface area contributed by atoms with Crippen molar-refractivity contribution >= 4 is 44.6 Å². The number of fused-ring (bicyclic) bond motifs is 4. The van der Waals surface area contributed by atoms with Crippen molar-refractivity contribution in [2.75, 3.05) is 9.80 Å². The zero-order valence-corrected chi connectivity index (χ0v) is 39.9. The summed E-state index contributed by atoms with van der Waals surface area (Å²) in [5.74, 6) is 1.96. The fraction of sp³-hybridized carbons (Fsp3) is 0.232. The molecule has 6 aromatic carbocycles. The first-order valence-electron chi connectivity index (χ1n) is 21.3. The maximum absolute atomic E-state index is 9.69. The predicted molar refractivity (Wildman–Crippen MR) is 255 cm³/mol. The molecule has 3 heterocycles. The van der Waals surface area contributed by atoms with Gasteiger partial charge in [0, 0.05) is 61.3 Å². The van der Waals surface area contributed by atoms with Crippen LogP contribution in [0, 0.1) is 37.1 Å². The van der Waals surface area contributed by atoms with E-state index in [0.29, 0.717) is 17.1 Å². The molecule has 0 N–H and O–H groups in total. The van der Waals surface area contributed by atoms with Gasteiger partial charge in [0.1, 0.15) is 5.82 Å². The third kappa shape index (κ3) is 8.28. The van der Waals surface area contributed by atoms with Gasteiger partial charge in [-0.15, -0.1) is 48.1 Å². The Hall–Kier alpha value is -6.15. The molecule has 320 valence electrons. The van der Waals surface area contributed by atoms with E-state index in [4.69, 9.17) is 9.72 Å². The Balaban J connectivity index is 0.00000544. The minimum Gasteiger partial charge on any atom is -0.509 e. The Morgan fingerprint density at radius 2 is 1.32 bits per heavy atom. The van der Waals surface area contributed by atoms with Crippen molar-refractivity contribution in [1.29, 1.82) is 5.26 Å². The predicted octanol–water partition coefficient (Wildman–Crippen LogP) is 14.7. The number of nitrogens with zero attached hydrogens (tertiary/aromatic N) is 5. The number of para-hydroxylation sites is 2. The van der Waals surface area contributed by atoms with Crippen LogP contribution in [0.4, 0.5) is 22.7 Å². The average Bonchev–Trinajstić information content (AvgIpc) is 3.79. The summed E-state index contributed by atoms with van der Waals surface area (Å²) >= 11 is 0. The van der Waals surface area contributed by atoms with Gasteiger partial charge >= 0.3 is 0 Å². The molecule has 7 heteroatoms. The number of aryl methyl sites for hydroxylation is 1. The molecule has 0 saturated carbocycles. The van der Waals surface area contributed by atoms with Gasteiger partial charge in [0.2, 0.25) is 0 Å². The van der Waals surface area contributed by atoms with Crippen LogP contribution in [0.5, 0.6) is 11.5 Å². The minimum atomic E-state index is -0.0676. The number of nitriles is 1. The summed E-state index contributed by atoms with van der Waals surface area (Å²) in [6.07, 6.45) is 1.89. The number of hydrogen-bond acceptors (Lipinski definition) is 5. The zero-order valence-electron chi connectivity index (χ0n) is 37.7. The van der Waals surface area contributed by atoms with Crippen LogP contribution in [0.1, 0.15) is 90.1 Å². The molecule has 1 aliphatic heterocycles. The van der Waals surface area contributed by atoms with Crippen LogP contribution < -0.4 is 14.5 Å². The molecule has 63 heavy (non-hydrogen) atoms. The van der Waals surface area contributed by atoms with Gasteiger partial charge < -0.3 is 19.1 Å². The second kappa shape index (κ2) is 16.2. The van der Waals surface area contributed by atoms with E-state index in [1.807, 2.05) is 42.6 Å². The van der Waals surface area contributed by atoms with Gasteiger partial charge in [-0.3, -0.25) is 0 Å². The van der Waals surface area contributed by atoms with E-state index in [9.17, 15) is 5.26 Å². The van der Waals surface area contributed by atoms with Crippen LogP contribution >= 0.6 is 0 Å².